The number of halogens is 1. The molecule has 0 N–H and O–H groups in total. The predicted molar refractivity (Wildman–Crippen MR) is 134 cm³/mol. The van der Waals surface area contributed by atoms with Crippen molar-refractivity contribution >= 4 is 17.7 Å². The van der Waals surface area contributed by atoms with E-state index in [0.29, 0.717) is 22.3 Å². The molecular formula is C26H25FN6OS. The number of thioether (sulfide) groups is 1. The van der Waals surface area contributed by atoms with Gasteiger partial charge >= 0.3 is 0 Å². The average molecular weight is 489 g/mol. The molecule has 178 valence electrons. The molecule has 5 rings (SSSR count). The highest BCUT2D eigenvalue weighted by atomic mass is 32.2. The molecule has 1 saturated heterocycles. The van der Waals surface area contributed by atoms with Crippen LogP contribution in [0.3, 0.4) is 0 Å². The first-order valence-electron chi connectivity index (χ1n) is 11.4. The molecule has 1 aliphatic rings. The molecule has 1 amide bonds. The van der Waals surface area contributed by atoms with Crippen LogP contribution in [0.4, 0.5) is 4.39 Å². The van der Waals surface area contributed by atoms with Gasteiger partial charge in [0.05, 0.1) is 0 Å². The number of hydrogen-bond donors (Lipinski definition) is 0. The molecule has 3 heterocycles. The first kappa shape index (κ1) is 23.2. The molecule has 0 spiro atoms. The minimum atomic E-state index is -0.302. The highest BCUT2D eigenvalue weighted by Gasteiger charge is 2.21. The maximum atomic E-state index is 13.6. The van der Waals surface area contributed by atoms with Crippen molar-refractivity contribution in [3.63, 3.8) is 0 Å². The molecule has 9 heteroatoms. The number of piperazine rings is 1. The summed E-state index contributed by atoms with van der Waals surface area (Å²) in [6.45, 7) is 3.26. The van der Waals surface area contributed by atoms with E-state index >= 15 is 0 Å². The van der Waals surface area contributed by atoms with Crippen LogP contribution in [0.1, 0.15) is 15.9 Å². The zero-order valence-corrected chi connectivity index (χ0v) is 20.2. The SMILES string of the molecule is CN1CCN(C(=O)c2cccc(CSc3nnc(-c4ccncc4)n3-c3ccc(F)cc3)c2)CC1. The Hall–Kier alpha value is -3.56. The predicted octanol–water partition coefficient (Wildman–Crippen LogP) is 4.15. The van der Waals surface area contributed by atoms with Crippen molar-refractivity contribution in [3.05, 3.63) is 90.0 Å². The van der Waals surface area contributed by atoms with Crippen molar-refractivity contribution in [2.45, 2.75) is 10.9 Å². The van der Waals surface area contributed by atoms with E-state index in [0.717, 1.165) is 43.0 Å². The summed E-state index contributed by atoms with van der Waals surface area (Å²) in [7, 11) is 2.07. The van der Waals surface area contributed by atoms with Crippen molar-refractivity contribution in [2.24, 2.45) is 0 Å². The van der Waals surface area contributed by atoms with Gasteiger partial charge in [0.15, 0.2) is 11.0 Å². The Morgan fingerprint density at radius 2 is 1.71 bits per heavy atom. The Labute approximate surface area is 207 Å². The van der Waals surface area contributed by atoms with Crippen LogP contribution in [0.15, 0.2) is 78.2 Å². The van der Waals surface area contributed by atoms with Gasteiger partial charge in [0.1, 0.15) is 5.82 Å². The quantitative estimate of drug-likeness (QED) is 0.380. The molecule has 0 radical (unpaired) electrons. The van der Waals surface area contributed by atoms with Crippen LogP contribution in [0.5, 0.6) is 0 Å². The summed E-state index contributed by atoms with van der Waals surface area (Å²) in [5.74, 6) is 1.03. The molecule has 1 fully saturated rings. The zero-order valence-electron chi connectivity index (χ0n) is 19.3. The fourth-order valence-electron chi connectivity index (χ4n) is 4.01. The van der Waals surface area contributed by atoms with Gasteiger partial charge in [-0.3, -0.25) is 14.3 Å². The molecule has 0 saturated carbocycles. The van der Waals surface area contributed by atoms with Crippen molar-refractivity contribution in [1.29, 1.82) is 0 Å². The van der Waals surface area contributed by atoms with Crippen LogP contribution in [0.25, 0.3) is 17.1 Å². The first-order chi connectivity index (χ1) is 17.1. The number of pyridine rings is 1. The highest BCUT2D eigenvalue weighted by molar-refractivity contribution is 7.98. The summed E-state index contributed by atoms with van der Waals surface area (Å²) < 4.78 is 15.5. The zero-order chi connectivity index (χ0) is 24.2. The van der Waals surface area contributed by atoms with E-state index in [-0.39, 0.29) is 11.7 Å². The van der Waals surface area contributed by atoms with E-state index in [1.165, 1.54) is 23.9 Å². The number of benzene rings is 2. The van der Waals surface area contributed by atoms with Gasteiger partial charge in [0.2, 0.25) is 0 Å². The third-order valence-electron chi connectivity index (χ3n) is 5.99. The molecule has 0 atom stereocenters. The molecule has 7 nitrogen and oxygen atoms in total. The number of carbonyl (C=O) groups excluding carboxylic acids is 1. The minimum Gasteiger partial charge on any atom is -0.336 e. The summed E-state index contributed by atoms with van der Waals surface area (Å²) >= 11 is 1.52. The van der Waals surface area contributed by atoms with Gasteiger partial charge in [-0.05, 0) is 61.1 Å². The third kappa shape index (κ3) is 5.26. The van der Waals surface area contributed by atoms with Gasteiger partial charge in [-0.1, -0.05) is 23.9 Å². The molecule has 4 aromatic rings. The van der Waals surface area contributed by atoms with E-state index < -0.39 is 0 Å². The van der Waals surface area contributed by atoms with Crippen LogP contribution < -0.4 is 0 Å². The van der Waals surface area contributed by atoms with Crippen molar-refractivity contribution in [1.82, 2.24) is 29.5 Å². The minimum absolute atomic E-state index is 0.0689. The Morgan fingerprint density at radius 3 is 2.46 bits per heavy atom. The fraction of sp³-hybridized carbons (Fsp3) is 0.231. The smallest absolute Gasteiger partial charge is 0.253 e. The second-order valence-electron chi connectivity index (χ2n) is 8.44. The normalized spacial score (nSPS) is 14.3. The van der Waals surface area contributed by atoms with Gasteiger partial charge in [-0.25, -0.2) is 4.39 Å². The lowest BCUT2D eigenvalue weighted by Gasteiger charge is -2.32. The van der Waals surface area contributed by atoms with E-state index in [2.05, 4.69) is 27.1 Å². The van der Waals surface area contributed by atoms with Gasteiger partial charge < -0.3 is 9.80 Å². The lowest BCUT2D eigenvalue weighted by molar-refractivity contribution is 0.0664. The van der Waals surface area contributed by atoms with Crippen molar-refractivity contribution in [3.8, 4) is 17.1 Å². The topological polar surface area (TPSA) is 67.2 Å². The Morgan fingerprint density at radius 1 is 0.971 bits per heavy atom. The monoisotopic (exact) mass is 488 g/mol. The van der Waals surface area contributed by atoms with Crippen LogP contribution in [-0.2, 0) is 5.75 Å². The second-order valence-corrected chi connectivity index (χ2v) is 9.38. The number of hydrogen-bond acceptors (Lipinski definition) is 6. The van der Waals surface area contributed by atoms with E-state index in [1.807, 2.05) is 45.9 Å². The van der Waals surface area contributed by atoms with Crippen LogP contribution >= 0.6 is 11.8 Å². The average Bonchev–Trinajstić information content (AvgIpc) is 3.32. The van der Waals surface area contributed by atoms with Crippen molar-refractivity contribution < 1.29 is 9.18 Å². The molecule has 35 heavy (non-hydrogen) atoms. The standard InChI is InChI=1S/C26H25FN6OS/c1-31-13-15-32(16-14-31)25(34)21-4-2-3-19(17-21)18-35-26-30-29-24(20-9-11-28-12-10-20)33(26)23-7-5-22(27)6-8-23/h2-12,17H,13-16,18H2,1H3. The maximum Gasteiger partial charge on any atom is 0.253 e. The molecule has 2 aromatic heterocycles. The van der Waals surface area contributed by atoms with Crippen LogP contribution in [-0.4, -0.2) is 68.7 Å². The molecule has 0 aliphatic carbocycles. The second kappa shape index (κ2) is 10.4. The first-order valence-corrected chi connectivity index (χ1v) is 12.4. The lowest BCUT2D eigenvalue weighted by Crippen LogP contribution is -2.47. The molecular weight excluding hydrogens is 463 g/mol. The maximum absolute atomic E-state index is 13.6. The Kier molecular flexibility index (Phi) is 6.87. The van der Waals surface area contributed by atoms with Gasteiger partial charge in [0, 0.05) is 61.1 Å². The van der Waals surface area contributed by atoms with Gasteiger partial charge in [0.25, 0.3) is 5.91 Å². The van der Waals surface area contributed by atoms with Gasteiger partial charge in [-0.15, -0.1) is 10.2 Å². The Bertz CT molecular complexity index is 1300. The highest BCUT2D eigenvalue weighted by Crippen LogP contribution is 2.30. The Balaban J connectivity index is 1.38. The summed E-state index contributed by atoms with van der Waals surface area (Å²) in [5.41, 5.74) is 3.35. The molecule has 2 aromatic carbocycles. The summed E-state index contributed by atoms with van der Waals surface area (Å²) in [6, 6.07) is 17.8. The van der Waals surface area contributed by atoms with Gasteiger partial charge in [-0.2, -0.15) is 0 Å². The number of amides is 1. The van der Waals surface area contributed by atoms with E-state index in [9.17, 15) is 9.18 Å². The summed E-state index contributed by atoms with van der Waals surface area (Å²) in [4.78, 5) is 21.2. The fourth-order valence-corrected chi connectivity index (χ4v) is 4.90. The molecule has 0 unspecified atom stereocenters. The number of likely N-dealkylation sites (N-methyl/N-ethyl adjacent to an activating group) is 1. The van der Waals surface area contributed by atoms with Crippen LogP contribution in [0.2, 0.25) is 0 Å². The molecule has 1 aliphatic heterocycles. The summed E-state index contributed by atoms with van der Waals surface area (Å²) in [5, 5.41) is 9.52. The largest absolute Gasteiger partial charge is 0.336 e. The number of aromatic nitrogens is 4. The lowest BCUT2D eigenvalue weighted by atomic mass is 10.1. The number of rotatable bonds is 6. The van der Waals surface area contributed by atoms with Crippen LogP contribution in [0, 0.1) is 5.82 Å². The number of carbonyl (C=O) groups is 1. The van der Waals surface area contributed by atoms with E-state index in [1.54, 1.807) is 24.5 Å². The van der Waals surface area contributed by atoms with Crippen molar-refractivity contribution in [2.75, 3.05) is 33.2 Å². The summed E-state index contributed by atoms with van der Waals surface area (Å²) in [6.07, 6.45) is 3.41. The molecule has 0 bridgehead atoms. The third-order valence-corrected chi connectivity index (χ3v) is 6.99. The number of nitrogens with zero attached hydrogens (tertiary/aromatic N) is 6. The van der Waals surface area contributed by atoms with E-state index in [4.69, 9.17) is 0 Å².